The summed E-state index contributed by atoms with van der Waals surface area (Å²) in [5.74, 6) is 1.23. The number of nitrogens with one attached hydrogen (secondary N) is 1. The monoisotopic (exact) mass is 343 g/mol. The van der Waals surface area contributed by atoms with Gasteiger partial charge in [0, 0.05) is 37.9 Å². The van der Waals surface area contributed by atoms with Gasteiger partial charge >= 0.3 is 0 Å². The molecule has 1 aliphatic heterocycles. The minimum absolute atomic E-state index is 0.0126. The molecule has 1 fully saturated rings. The highest BCUT2D eigenvalue weighted by molar-refractivity contribution is 5.76. The molecule has 1 N–H and O–H groups in total. The van der Waals surface area contributed by atoms with Crippen molar-refractivity contribution >= 4 is 11.7 Å². The van der Waals surface area contributed by atoms with Crippen LogP contribution in [0, 0.1) is 12.8 Å². The van der Waals surface area contributed by atoms with Crippen LogP contribution >= 0.6 is 0 Å². The molecule has 1 saturated heterocycles. The molecule has 2 aromatic heterocycles. The van der Waals surface area contributed by atoms with Gasteiger partial charge in [-0.3, -0.25) is 9.48 Å². The van der Waals surface area contributed by atoms with Crippen LogP contribution in [-0.4, -0.2) is 70.3 Å². The molecule has 0 spiro atoms. The fourth-order valence-electron chi connectivity index (χ4n) is 3.30. The summed E-state index contributed by atoms with van der Waals surface area (Å²) in [6.45, 7) is 4.68. The first-order valence-electron chi connectivity index (χ1n) is 8.46. The average Bonchev–Trinajstić information content (AvgIpc) is 3.14. The van der Waals surface area contributed by atoms with Gasteiger partial charge in [-0.15, -0.1) is 0 Å². The second-order valence-electron chi connectivity index (χ2n) is 6.82. The fourth-order valence-corrected chi connectivity index (χ4v) is 3.30. The van der Waals surface area contributed by atoms with Crippen molar-refractivity contribution in [1.82, 2.24) is 30.0 Å². The van der Waals surface area contributed by atoms with Gasteiger partial charge in [0.1, 0.15) is 18.7 Å². The number of aromatic nitrogens is 4. The summed E-state index contributed by atoms with van der Waals surface area (Å²) in [6.07, 6.45) is 5.13. The molecule has 1 amide bonds. The maximum absolute atomic E-state index is 12.4. The summed E-state index contributed by atoms with van der Waals surface area (Å²) >= 11 is 0. The van der Waals surface area contributed by atoms with E-state index in [1.807, 2.05) is 25.3 Å². The number of hydrogen-bond donors (Lipinski definition) is 1. The van der Waals surface area contributed by atoms with Gasteiger partial charge < -0.3 is 15.1 Å². The van der Waals surface area contributed by atoms with Crippen LogP contribution in [0.2, 0.25) is 0 Å². The molecule has 8 nitrogen and oxygen atoms in total. The number of rotatable bonds is 6. The van der Waals surface area contributed by atoms with Crippen molar-refractivity contribution in [3.63, 3.8) is 0 Å². The molecule has 1 aliphatic rings. The van der Waals surface area contributed by atoms with E-state index in [9.17, 15) is 4.79 Å². The number of carbonyl (C=O) groups is 1. The van der Waals surface area contributed by atoms with Crippen LogP contribution in [0.15, 0.2) is 30.9 Å². The number of anilines is 1. The third kappa shape index (κ3) is 4.54. The van der Waals surface area contributed by atoms with Crippen molar-refractivity contribution in [2.45, 2.75) is 19.5 Å². The van der Waals surface area contributed by atoms with Gasteiger partial charge in [0.05, 0.1) is 11.7 Å². The molecule has 0 unspecified atom stereocenters. The van der Waals surface area contributed by atoms with Crippen LogP contribution in [0.1, 0.15) is 5.69 Å². The number of nitrogens with zero attached hydrogens (tertiary/aromatic N) is 6. The molecule has 0 radical (unpaired) electrons. The normalized spacial score (nSPS) is 20.2. The summed E-state index contributed by atoms with van der Waals surface area (Å²) in [7, 11) is 4.11. The Morgan fingerprint density at radius 1 is 1.36 bits per heavy atom. The van der Waals surface area contributed by atoms with Crippen molar-refractivity contribution < 1.29 is 4.79 Å². The Morgan fingerprint density at radius 2 is 2.20 bits per heavy atom. The van der Waals surface area contributed by atoms with E-state index in [1.54, 1.807) is 17.2 Å². The Hall–Kier alpha value is -2.48. The quantitative estimate of drug-likeness (QED) is 0.805. The first-order chi connectivity index (χ1) is 12.0. The fraction of sp³-hybridized carbons (Fsp3) is 0.529. The smallest absolute Gasteiger partial charge is 0.242 e. The van der Waals surface area contributed by atoms with Crippen LogP contribution < -0.4 is 10.2 Å². The molecule has 2 atom stereocenters. The van der Waals surface area contributed by atoms with Crippen molar-refractivity contribution in [2.75, 3.05) is 38.6 Å². The lowest BCUT2D eigenvalue weighted by atomic mass is 10.0. The highest BCUT2D eigenvalue weighted by Crippen LogP contribution is 2.22. The second kappa shape index (κ2) is 7.60. The first-order valence-corrected chi connectivity index (χ1v) is 8.46. The molecule has 25 heavy (non-hydrogen) atoms. The summed E-state index contributed by atoms with van der Waals surface area (Å²) < 4.78 is 1.67. The van der Waals surface area contributed by atoms with E-state index in [0.29, 0.717) is 5.92 Å². The zero-order chi connectivity index (χ0) is 17.8. The van der Waals surface area contributed by atoms with Gasteiger partial charge in [0.25, 0.3) is 0 Å². The highest BCUT2D eigenvalue weighted by atomic mass is 16.2. The summed E-state index contributed by atoms with van der Waals surface area (Å²) in [4.78, 5) is 25.1. The molecule has 3 heterocycles. The molecule has 134 valence electrons. The molecule has 0 aromatic carbocycles. The Labute approximate surface area is 147 Å². The van der Waals surface area contributed by atoms with Gasteiger partial charge in [0.2, 0.25) is 5.91 Å². The van der Waals surface area contributed by atoms with Crippen molar-refractivity contribution in [3.8, 4) is 0 Å². The highest BCUT2D eigenvalue weighted by Gasteiger charge is 2.34. The number of amides is 1. The van der Waals surface area contributed by atoms with E-state index >= 15 is 0 Å². The van der Waals surface area contributed by atoms with E-state index in [1.165, 1.54) is 0 Å². The van der Waals surface area contributed by atoms with Crippen molar-refractivity contribution in [1.29, 1.82) is 0 Å². The van der Waals surface area contributed by atoms with Gasteiger partial charge in [-0.2, -0.15) is 5.10 Å². The van der Waals surface area contributed by atoms with Gasteiger partial charge in [-0.05, 0) is 33.2 Å². The zero-order valence-corrected chi connectivity index (χ0v) is 15.0. The van der Waals surface area contributed by atoms with Crippen LogP contribution in [0.4, 0.5) is 5.82 Å². The van der Waals surface area contributed by atoms with E-state index in [0.717, 1.165) is 31.1 Å². The third-order valence-corrected chi connectivity index (χ3v) is 4.36. The lowest BCUT2D eigenvalue weighted by molar-refractivity contribution is -0.122. The van der Waals surface area contributed by atoms with E-state index < -0.39 is 0 Å². The molecule has 0 aliphatic carbocycles. The van der Waals surface area contributed by atoms with Crippen LogP contribution in [-0.2, 0) is 11.3 Å². The largest absolute Gasteiger partial charge is 0.354 e. The predicted octanol–water partition coefficient (Wildman–Crippen LogP) is 0.164. The standard InChI is InChI=1S/C17H25N7O/c1-13-5-7-24(21-13)11-17(25)20-15-10-23(9-14(15)8-22(2)3)16-4-6-18-12-19-16/h4-7,12,14-15H,8-11H2,1-3H3,(H,20,25)/t14-,15-/m1/s1. The molecular weight excluding hydrogens is 318 g/mol. The van der Waals surface area contributed by atoms with E-state index in [4.69, 9.17) is 0 Å². The first kappa shape index (κ1) is 17.3. The Morgan fingerprint density at radius 3 is 2.84 bits per heavy atom. The molecule has 2 aromatic rings. The van der Waals surface area contributed by atoms with Gasteiger partial charge in [-0.25, -0.2) is 9.97 Å². The molecule has 0 bridgehead atoms. The SMILES string of the molecule is Cc1ccn(CC(=O)N[C@@H]2CN(c3ccncn3)C[C@H]2CN(C)C)n1. The minimum atomic E-state index is -0.0126. The average molecular weight is 343 g/mol. The predicted molar refractivity (Wildman–Crippen MR) is 95.2 cm³/mol. The maximum Gasteiger partial charge on any atom is 0.242 e. The number of aryl methyl sites for hydroxylation is 1. The number of hydrogen-bond acceptors (Lipinski definition) is 6. The Balaban J connectivity index is 1.65. The van der Waals surface area contributed by atoms with Crippen LogP contribution in [0.5, 0.6) is 0 Å². The molecule has 8 heteroatoms. The third-order valence-electron chi connectivity index (χ3n) is 4.36. The van der Waals surface area contributed by atoms with E-state index in [2.05, 4.69) is 44.3 Å². The lowest BCUT2D eigenvalue weighted by Crippen LogP contribution is -2.44. The Kier molecular flexibility index (Phi) is 5.28. The van der Waals surface area contributed by atoms with E-state index in [-0.39, 0.29) is 18.5 Å². The minimum Gasteiger partial charge on any atom is -0.354 e. The topological polar surface area (TPSA) is 79.2 Å². The zero-order valence-electron chi connectivity index (χ0n) is 15.0. The van der Waals surface area contributed by atoms with Crippen LogP contribution in [0.25, 0.3) is 0 Å². The summed E-state index contributed by atoms with van der Waals surface area (Å²) in [5, 5.41) is 7.46. The molecular formula is C17H25N7O. The second-order valence-corrected chi connectivity index (χ2v) is 6.82. The Bertz CT molecular complexity index is 700. The van der Waals surface area contributed by atoms with Gasteiger partial charge in [0.15, 0.2) is 0 Å². The number of carbonyl (C=O) groups excluding carboxylic acids is 1. The molecule has 0 saturated carbocycles. The summed E-state index contributed by atoms with van der Waals surface area (Å²) in [6, 6.07) is 3.89. The van der Waals surface area contributed by atoms with Crippen molar-refractivity contribution in [2.24, 2.45) is 5.92 Å². The maximum atomic E-state index is 12.4. The summed E-state index contributed by atoms with van der Waals surface area (Å²) in [5.41, 5.74) is 0.911. The van der Waals surface area contributed by atoms with Crippen molar-refractivity contribution in [3.05, 3.63) is 36.5 Å². The van der Waals surface area contributed by atoms with Gasteiger partial charge in [-0.1, -0.05) is 0 Å². The molecule has 3 rings (SSSR count). The lowest BCUT2D eigenvalue weighted by Gasteiger charge is -2.22. The van der Waals surface area contributed by atoms with Crippen LogP contribution in [0.3, 0.4) is 0 Å².